The summed E-state index contributed by atoms with van der Waals surface area (Å²) in [4.78, 5) is 28.9. The molecule has 1 heterocycles. The maximum absolute atomic E-state index is 12.9. The van der Waals surface area contributed by atoms with Crippen LogP contribution in [0.15, 0.2) is 72.8 Å². The van der Waals surface area contributed by atoms with E-state index in [-0.39, 0.29) is 18.0 Å². The summed E-state index contributed by atoms with van der Waals surface area (Å²) in [6, 6.07) is 22.9. The van der Waals surface area contributed by atoms with E-state index in [2.05, 4.69) is 4.90 Å². The number of hydrogen-bond acceptors (Lipinski definition) is 6. The number of carbonyl (C=O) groups excluding carboxylic acids is 2. The first kappa shape index (κ1) is 26.4. The molecule has 194 valence electrons. The van der Waals surface area contributed by atoms with E-state index in [1.54, 1.807) is 19.2 Å². The van der Waals surface area contributed by atoms with Gasteiger partial charge in [-0.3, -0.25) is 9.69 Å². The molecule has 1 fully saturated rings. The lowest BCUT2D eigenvalue weighted by atomic mass is 10.1. The van der Waals surface area contributed by atoms with E-state index >= 15 is 0 Å². The minimum atomic E-state index is -0.360. The molecular weight excluding hydrogens is 468 g/mol. The Bertz CT molecular complexity index is 1190. The summed E-state index contributed by atoms with van der Waals surface area (Å²) < 4.78 is 16.6. The molecule has 7 nitrogen and oxygen atoms in total. The molecule has 0 radical (unpaired) electrons. The molecule has 3 aromatic rings. The monoisotopic (exact) mass is 502 g/mol. The number of carbonyl (C=O) groups is 2. The molecule has 0 spiro atoms. The number of methoxy groups -OCH3 is 2. The number of amides is 1. The van der Waals surface area contributed by atoms with Gasteiger partial charge >= 0.3 is 5.97 Å². The van der Waals surface area contributed by atoms with Crippen LogP contribution in [-0.4, -0.2) is 68.6 Å². The van der Waals surface area contributed by atoms with Crippen LogP contribution < -0.4 is 4.74 Å². The van der Waals surface area contributed by atoms with Crippen LogP contribution in [0.4, 0.5) is 0 Å². The van der Waals surface area contributed by atoms with E-state index < -0.39 is 0 Å². The van der Waals surface area contributed by atoms with Crippen molar-refractivity contribution in [2.24, 2.45) is 0 Å². The Morgan fingerprint density at radius 3 is 2.19 bits per heavy atom. The van der Waals surface area contributed by atoms with Crippen LogP contribution in [0.5, 0.6) is 5.75 Å². The molecule has 1 atom stereocenters. The number of benzene rings is 3. The summed E-state index contributed by atoms with van der Waals surface area (Å²) in [6.45, 7) is 6.00. The molecular formula is C30H34N2O5. The van der Waals surface area contributed by atoms with Gasteiger partial charge in [0, 0.05) is 38.3 Å². The number of aryl methyl sites for hydroxylation is 1. The molecule has 1 aliphatic heterocycles. The average Bonchev–Trinajstić information content (AvgIpc) is 2.95. The summed E-state index contributed by atoms with van der Waals surface area (Å²) in [7, 11) is 3.03. The van der Waals surface area contributed by atoms with Crippen molar-refractivity contribution in [2.75, 3.05) is 46.9 Å². The van der Waals surface area contributed by atoms with E-state index in [0.29, 0.717) is 31.8 Å². The van der Waals surface area contributed by atoms with Crippen molar-refractivity contribution < 1.29 is 23.8 Å². The van der Waals surface area contributed by atoms with E-state index in [1.165, 1.54) is 7.11 Å². The highest BCUT2D eigenvalue weighted by molar-refractivity contribution is 5.94. The molecule has 0 bridgehead atoms. The van der Waals surface area contributed by atoms with Crippen LogP contribution in [0.2, 0.25) is 0 Å². The molecule has 0 aromatic heterocycles. The van der Waals surface area contributed by atoms with Gasteiger partial charge in [0.15, 0.2) is 0 Å². The Kier molecular flexibility index (Phi) is 8.93. The zero-order chi connectivity index (χ0) is 26.2. The van der Waals surface area contributed by atoms with Crippen molar-refractivity contribution >= 4 is 11.9 Å². The first-order chi connectivity index (χ1) is 18.0. The number of piperazine rings is 1. The molecule has 1 amide bonds. The molecule has 7 heteroatoms. The number of ether oxygens (including phenoxy) is 3. The highest BCUT2D eigenvalue weighted by Crippen LogP contribution is 2.25. The van der Waals surface area contributed by atoms with Gasteiger partial charge in [0.1, 0.15) is 5.75 Å². The molecule has 0 N–H and O–H groups in total. The summed E-state index contributed by atoms with van der Waals surface area (Å²) in [6.07, 6.45) is -0.185. The third kappa shape index (κ3) is 6.96. The molecule has 0 unspecified atom stereocenters. The number of nitrogens with zero attached hydrogens (tertiary/aromatic N) is 2. The van der Waals surface area contributed by atoms with Crippen molar-refractivity contribution in [3.05, 3.63) is 101 Å². The van der Waals surface area contributed by atoms with Crippen molar-refractivity contribution in [2.45, 2.75) is 19.6 Å². The largest absolute Gasteiger partial charge is 0.497 e. The molecule has 0 saturated carbocycles. The Morgan fingerprint density at radius 2 is 1.54 bits per heavy atom. The fourth-order valence-corrected chi connectivity index (χ4v) is 4.39. The Hall–Kier alpha value is -3.68. The number of rotatable bonds is 9. The quantitative estimate of drug-likeness (QED) is 0.401. The third-order valence-electron chi connectivity index (χ3n) is 6.67. The van der Waals surface area contributed by atoms with Gasteiger partial charge in [-0.15, -0.1) is 0 Å². The zero-order valence-electron chi connectivity index (χ0n) is 21.7. The third-order valence-corrected chi connectivity index (χ3v) is 6.67. The minimum absolute atomic E-state index is 0.0793. The molecule has 0 aliphatic carbocycles. The predicted octanol–water partition coefficient (Wildman–Crippen LogP) is 4.51. The number of esters is 1. The average molecular weight is 503 g/mol. The van der Waals surface area contributed by atoms with Gasteiger partial charge in [0.05, 0.1) is 32.5 Å². The second kappa shape index (κ2) is 12.5. The van der Waals surface area contributed by atoms with Crippen molar-refractivity contribution in [1.29, 1.82) is 0 Å². The van der Waals surface area contributed by atoms with Gasteiger partial charge < -0.3 is 19.1 Å². The van der Waals surface area contributed by atoms with E-state index in [0.717, 1.165) is 41.1 Å². The summed E-state index contributed by atoms with van der Waals surface area (Å²) in [5, 5.41) is 0. The maximum Gasteiger partial charge on any atom is 0.337 e. The van der Waals surface area contributed by atoms with Gasteiger partial charge in [-0.05, 0) is 54.4 Å². The lowest BCUT2D eigenvalue weighted by molar-refractivity contribution is 0.00331. The van der Waals surface area contributed by atoms with Gasteiger partial charge in [-0.2, -0.15) is 0 Å². The molecule has 3 aromatic carbocycles. The first-order valence-electron chi connectivity index (χ1n) is 12.5. The van der Waals surface area contributed by atoms with Crippen molar-refractivity contribution in [3.63, 3.8) is 0 Å². The fourth-order valence-electron chi connectivity index (χ4n) is 4.39. The highest BCUT2D eigenvalue weighted by Gasteiger charge is 2.25. The lowest BCUT2D eigenvalue weighted by Crippen LogP contribution is -2.49. The van der Waals surface area contributed by atoms with Crippen LogP contribution in [0.25, 0.3) is 0 Å². The standard InChI is InChI=1S/C30H34N2O5/c1-22-7-11-24(12-8-22)29(33)32-17-15-31(16-18-32)20-28(26-5-4-6-27(19-26)35-2)37-21-23-9-13-25(14-10-23)30(34)36-3/h4-14,19,28H,15-18,20-21H2,1-3H3/t28-/m0/s1. The SMILES string of the molecule is COC(=O)c1ccc(CO[C@@H](CN2CCN(C(=O)c3ccc(C)cc3)CC2)c2cccc(OC)c2)cc1. The lowest BCUT2D eigenvalue weighted by Gasteiger charge is -2.36. The van der Waals surface area contributed by atoms with Crippen molar-refractivity contribution in [1.82, 2.24) is 9.80 Å². The zero-order valence-corrected chi connectivity index (χ0v) is 21.7. The van der Waals surface area contributed by atoms with Crippen LogP contribution in [0.1, 0.15) is 43.5 Å². The van der Waals surface area contributed by atoms with E-state index in [1.807, 2.05) is 72.5 Å². The Labute approximate surface area is 218 Å². The Balaban J connectivity index is 1.40. The fraction of sp³-hybridized carbons (Fsp3) is 0.333. The predicted molar refractivity (Wildman–Crippen MR) is 142 cm³/mol. The van der Waals surface area contributed by atoms with Crippen LogP contribution in [0, 0.1) is 6.92 Å². The van der Waals surface area contributed by atoms with Crippen molar-refractivity contribution in [3.8, 4) is 5.75 Å². The first-order valence-corrected chi connectivity index (χ1v) is 12.5. The topological polar surface area (TPSA) is 68.3 Å². The minimum Gasteiger partial charge on any atom is -0.497 e. The summed E-state index contributed by atoms with van der Waals surface area (Å²) >= 11 is 0. The molecule has 37 heavy (non-hydrogen) atoms. The van der Waals surface area contributed by atoms with Crippen LogP contribution >= 0.6 is 0 Å². The van der Waals surface area contributed by atoms with Gasteiger partial charge in [0.25, 0.3) is 5.91 Å². The highest BCUT2D eigenvalue weighted by atomic mass is 16.5. The summed E-state index contributed by atoms with van der Waals surface area (Å²) in [5.41, 5.74) is 4.38. The van der Waals surface area contributed by atoms with Gasteiger partial charge in [0.2, 0.25) is 0 Å². The van der Waals surface area contributed by atoms with Gasteiger partial charge in [-0.25, -0.2) is 4.79 Å². The van der Waals surface area contributed by atoms with Crippen LogP contribution in [-0.2, 0) is 16.1 Å². The second-order valence-corrected chi connectivity index (χ2v) is 9.22. The molecule has 1 saturated heterocycles. The maximum atomic E-state index is 12.9. The normalized spacial score (nSPS) is 14.7. The summed E-state index contributed by atoms with van der Waals surface area (Å²) in [5.74, 6) is 0.499. The molecule has 1 aliphatic rings. The smallest absolute Gasteiger partial charge is 0.337 e. The number of hydrogen-bond donors (Lipinski definition) is 0. The Morgan fingerprint density at radius 1 is 0.865 bits per heavy atom. The second-order valence-electron chi connectivity index (χ2n) is 9.22. The van der Waals surface area contributed by atoms with Crippen LogP contribution in [0.3, 0.4) is 0 Å². The van der Waals surface area contributed by atoms with E-state index in [9.17, 15) is 9.59 Å². The van der Waals surface area contributed by atoms with E-state index in [4.69, 9.17) is 14.2 Å². The molecule has 4 rings (SSSR count). The van der Waals surface area contributed by atoms with Gasteiger partial charge in [-0.1, -0.05) is 42.0 Å².